The minimum Gasteiger partial charge on any atom is -0.323 e. The average molecular weight is 396 g/mol. The highest BCUT2D eigenvalue weighted by Gasteiger charge is 2.22. The monoisotopic (exact) mass is 395 g/mol. The van der Waals surface area contributed by atoms with Crippen molar-refractivity contribution >= 4 is 23.2 Å². The number of nitrogens with zero attached hydrogens (tertiary/aromatic N) is 2. The van der Waals surface area contributed by atoms with Crippen LogP contribution in [0.3, 0.4) is 0 Å². The van der Waals surface area contributed by atoms with Gasteiger partial charge in [-0.05, 0) is 50.1 Å². The predicted molar refractivity (Wildman–Crippen MR) is 113 cm³/mol. The molecular formula is C22H22ClN3O2. The molecule has 0 aliphatic heterocycles. The van der Waals surface area contributed by atoms with E-state index in [1.54, 1.807) is 30.3 Å². The summed E-state index contributed by atoms with van der Waals surface area (Å²) in [5.41, 5.74) is 3.93. The number of carbonyl (C=O) groups is 1. The topological polar surface area (TPSA) is 64.0 Å². The number of halogens is 1. The zero-order chi connectivity index (χ0) is 20.3. The van der Waals surface area contributed by atoms with Crippen molar-refractivity contribution in [2.24, 2.45) is 0 Å². The molecule has 3 aromatic rings. The maximum atomic E-state index is 12.8. The van der Waals surface area contributed by atoms with Gasteiger partial charge in [-0.2, -0.15) is 5.10 Å². The Morgan fingerprint density at radius 3 is 2.61 bits per heavy atom. The molecule has 6 heteroatoms. The Morgan fingerprint density at radius 1 is 1.14 bits per heavy atom. The highest BCUT2D eigenvalue weighted by molar-refractivity contribution is 6.33. The van der Waals surface area contributed by atoms with Gasteiger partial charge in [-0.15, -0.1) is 0 Å². The molecule has 1 N–H and O–H groups in total. The fraction of sp³-hybridized carbons (Fsp3) is 0.227. The summed E-state index contributed by atoms with van der Waals surface area (Å²) < 4.78 is 1.25. The number of anilines is 1. The zero-order valence-corrected chi connectivity index (χ0v) is 16.8. The van der Waals surface area contributed by atoms with Gasteiger partial charge in [-0.1, -0.05) is 48.4 Å². The number of aryl methyl sites for hydroxylation is 2. The number of rotatable bonds is 5. The van der Waals surface area contributed by atoms with Crippen LogP contribution in [0.2, 0.25) is 5.02 Å². The van der Waals surface area contributed by atoms with Gasteiger partial charge in [0.15, 0.2) is 0 Å². The molecule has 1 aromatic heterocycles. The first-order valence-electron chi connectivity index (χ1n) is 9.13. The van der Waals surface area contributed by atoms with E-state index in [9.17, 15) is 9.59 Å². The van der Waals surface area contributed by atoms with Crippen molar-refractivity contribution in [3.05, 3.63) is 81.1 Å². The summed E-state index contributed by atoms with van der Waals surface area (Å²) in [6.07, 6.45) is 0.416. The minimum atomic E-state index is -0.742. The summed E-state index contributed by atoms with van der Waals surface area (Å²) in [7, 11) is 0. The van der Waals surface area contributed by atoms with Crippen molar-refractivity contribution in [3.63, 3.8) is 0 Å². The van der Waals surface area contributed by atoms with Crippen molar-refractivity contribution in [2.45, 2.75) is 33.2 Å². The van der Waals surface area contributed by atoms with Crippen LogP contribution in [0.5, 0.6) is 0 Å². The quantitative estimate of drug-likeness (QED) is 0.676. The molecule has 28 heavy (non-hydrogen) atoms. The maximum Gasteiger partial charge on any atom is 0.267 e. The Kier molecular flexibility index (Phi) is 5.95. The Bertz CT molecular complexity index is 1080. The molecule has 3 rings (SSSR count). The molecular weight excluding hydrogens is 374 g/mol. The third-order valence-electron chi connectivity index (χ3n) is 4.61. The number of hydrogen-bond donors (Lipinski definition) is 1. The second kappa shape index (κ2) is 8.40. The summed E-state index contributed by atoms with van der Waals surface area (Å²) in [5, 5.41) is 7.75. The van der Waals surface area contributed by atoms with Crippen LogP contribution in [-0.2, 0) is 4.79 Å². The molecule has 0 radical (unpaired) electrons. The van der Waals surface area contributed by atoms with E-state index >= 15 is 0 Å². The second-order valence-corrected chi connectivity index (χ2v) is 7.12. The van der Waals surface area contributed by atoms with Crippen LogP contribution in [-0.4, -0.2) is 15.7 Å². The van der Waals surface area contributed by atoms with Gasteiger partial charge in [-0.25, -0.2) is 4.68 Å². The lowest BCUT2D eigenvalue weighted by Crippen LogP contribution is -2.34. The van der Waals surface area contributed by atoms with E-state index in [4.69, 9.17) is 11.6 Å². The summed E-state index contributed by atoms with van der Waals surface area (Å²) >= 11 is 6.13. The molecule has 1 heterocycles. The standard InChI is InChI=1S/C22H22ClN3O2/c1-4-20(22(28)24-19-8-6-5-7-17(19)23)26-21(27)12-11-18(25-26)16-13-14(2)9-10-15(16)3/h5-13,20H,4H2,1-3H3,(H,24,28). The molecule has 0 aliphatic rings. The van der Waals surface area contributed by atoms with Gasteiger partial charge in [0.25, 0.3) is 5.56 Å². The third-order valence-corrected chi connectivity index (χ3v) is 4.94. The van der Waals surface area contributed by atoms with Gasteiger partial charge in [0, 0.05) is 11.6 Å². The van der Waals surface area contributed by atoms with Crippen LogP contribution < -0.4 is 10.9 Å². The van der Waals surface area contributed by atoms with Gasteiger partial charge in [-0.3, -0.25) is 9.59 Å². The van der Waals surface area contributed by atoms with Gasteiger partial charge < -0.3 is 5.32 Å². The van der Waals surface area contributed by atoms with E-state index in [0.717, 1.165) is 16.7 Å². The van der Waals surface area contributed by atoms with Crippen molar-refractivity contribution in [1.82, 2.24) is 9.78 Å². The largest absolute Gasteiger partial charge is 0.323 e. The SMILES string of the molecule is CCC(C(=O)Nc1ccccc1Cl)n1nc(-c2cc(C)ccc2C)ccc1=O. The highest BCUT2D eigenvalue weighted by atomic mass is 35.5. The van der Waals surface area contributed by atoms with E-state index < -0.39 is 6.04 Å². The minimum absolute atomic E-state index is 0.324. The lowest BCUT2D eigenvalue weighted by atomic mass is 10.0. The van der Waals surface area contributed by atoms with Gasteiger partial charge in [0.05, 0.1) is 16.4 Å². The van der Waals surface area contributed by atoms with E-state index in [1.165, 1.54) is 10.7 Å². The Hall–Kier alpha value is -2.92. The molecule has 0 aliphatic carbocycles. The molecule has 144 valence electrons. The number of benzene rings is 2. The number of aromatic nitrogens is 2. The smallest absolute Gasteiger partial charge is 0.267 e. The van der Waals surface area contributed by atoms with Crippen LogP contribution in [0.25, 0.3) is 11.3 Å². The lowest BCUT2D eigenvalue weighted by Gasteiger charge is -2.18. The summed E-state index contributed by atoms with van der Waals surface area (Å²) in [6, 6.07) is 15.5. The summed E-state index contributed by atoms with van der Waals surface area (Å²) in [5.74, 6) is -0.330. The van der Waals surface area contributed by atoms with Gasteiger partial charge >= 0.3 is 0 Å². The van der Waals surface area contributed by atoms with E-state index in [1.807, 2.05) is 39.0 Å². The first kappa shape index (κ1) is 19.8. The van der Waals surface area contributed by atoms with Crippen molar-refractivity contribution in [3.8, 4) is 11.3 Å². The molecule has 1 unspecified atom stereocenters. The second-order valence-electron chi connectivity index (χ2n) is 6.71. The fourth-order valence-electron chi connectivity index (χ4n) is 3.05. The van der Waals surface area contributed by atoms with Crippen LogP contribution in [0.1, 0.15) is 30.5 Å². The Balaban J connectivity index is 1.98. The molecule has 0 saturated heterocycles. The Morgan fingerprint density at radius 2 is 1.89 bits per heavy atom. The van der Waals surface area contributed by atoms with Gasteiger partial charge in [0.2, 0.25) is 5.91 Å². The predicted octanol–water partition coefficient (Wildman–Crippen LogP) is 4.77. The maximum absolute atomic E-state index is 12.8. The molecule has 0 fully saturated rings. The number of amides is 1. The molecule has 0 bridgehead atoms. The van der Waals surface area contributed by atoms with Crippen LogP contribution in [0.4, 0.5) is 5.69 Å². The first-order chi connectivity index (χ1) is 13.4. The molecule has 5 nitrogen and oxygen atoms in total. The normalized spacial score (nSPS) is 11.9. The molecule has 0 spiro atoms. The molecule has 1 atom stereocenters. The average Bonchev–Trinajstić information content (AvgIpc) is 2.67. The number of hydrogen-bond acceptors (Lipinski definition) is 3. The third kappa shape index (κ3) is 4.15. The molecule has 1 amide bonds. The van der Waals surface area contributed by atoms with Crippen molar-refractivity contribution < 1.29 is 4.79 Å². The van der Waals surface area contributed by atoms with Crippen molar-refractivity contribution in [1.29, 1.82) is 0 Å². The Labute approximate surface area is 169 Å². The van der Waals surface area contributed by atoms with Crippen LogP contribution in [0, 0.1) is 13.8 Å². The van der Waals surface area contributed by atoms with Gasteiger partial charge in [0.1, 0.15) is 6.04 Å². The number of nitrogens with one attached hydrogen (secondary N) is 1. The summed E-state index contributed by atoms with van der Waals surface area (Å²) in [6.45, 7) is 5.84. The highest BCUT2D eigenvalue weighted by Crippen LogP contribution is 2.24. The number of carbonyl (C=O) groups excluding carboxylic acids is 1. The number of para-hydroxylation sites is 1. The van der Waals surface area contributed by atoms with Crippen molar-refractivity contribution in [2.75, 3.05) is 5.32 Å². The van der Waals surface area contributed by atoms with Crippen LogP contribution >= 0.6 is 11.6 Å². The zero-order valence-electron chi connectivity index (χ0n) is 16.1. The molecule has 2 aromatic carbocycles. The van der Waals surface area contributed by atoms with E-state index in [2.05, 4.69) is 10.4 Å². The lowest BCUT2D eigenvalue weighted by molar-refractivity contribution is -0.119. The first-order valence-corrected chi connectivity index (χ1v) is 9.51. The van der Waals surface area contributed by atoms with E-state index in [0.29, 0.717) is 22.8 Å². The van der Waals surface area contributed by atoms with E-state index in [-0.39, 0.29) is 11.5 Å². The fourth-order valence-corrected chi connectivity index (χ4v) is 3.23. The molecule has 0 saturated carbocycles. The van der Waals surface area contributed by atoms with Crippen LogP contribution in [0.15, 0.2) is 59.4 Å². The summed E-state index contributed by atoms with van der Waals surface area (Å²) in [4.78, 5) is 25.3.